The first kappa shape index (κ1) is 19.8. The van der Waals surface area contributed by atoms with Crippen LogP contribution in [-0.2, 0) is 11.8 Å². The number of anilines is 1. The van der Waals surface area contributed by atoms with E-state index in [0.717, 1.165) is 58.7 Å². The van der Waals surface area contributed by atoms with Crippen LogP contribution >= 0.6 is 11.9 Å². The molecule has 1 fully saturated rings. The standard InChI is InChI=1S/C23H27N3O2S/c1-15-24-21-14-18(12-13-22(21)25(15)2)29-26(3)17-10-8-16(9-11-17)19-6-4-5-7-20(19)23(27)28/h8-14,19-20H,4-7H2,1-3H3,(H,27,28)/t19-,20?/m0/s1. The van der Waals surface area contributed by atoms with Gasteiger partial charge < -0.3 is 14.0 Å². The van der Waals surface area contributed by atoms with Crippen LogP contribution in [0, 0.1) is 12.8 Å². The molecule has 1 heterocycles. The summed E-state index contributed by atoms with van der Waals surface area (Å²) < 4.78 is 4.23. The molecule has 0 aliphatic heterocycles. The lowest BCUT2D eigenvalue weighted by atomic mass is 9.75. The van der Waals surface area contributed by atoms with Crippen LogP contribution in [0.25, 0.3) is 11.0 Å². The molecule has 1 aliphatic rings. The van der Waals surface area contributed by atoms with E-state index in [4.69, 9.17) is 0 Å². The number of nitrogens with zero attached hydrogens (tertiary/aromatic N) is 3. The fourth-order valence-electron chi connectivity index (χ4n) is 4.32. The first-order valence-electron chi connectivity index (χ1n) is 10.1. The van der Waals surface area contributed by atoms with Crippen LogP contribution in [0.5, 0.6) is 0 Å². The highest BCUT2D eigenvalue weighted by Gasteiger charge is 2.31. The van der Waals surface area contributed by atoms with E-state index in [2.05, 4.69) is 56.3 Å². The molecule has 1 N–H and O–H groups in total. The number of imidazole rings is 1. The Morgan fingerprint density at radius 2 is 1.90 bits per heavy atom. The molecular weight excluding hydrogens is 382 g/mol. The zero-order valence-corrected chi connectivity index (χ0v) is 17.9. The molecule has 29 heavy (non-hydrogen) atoms. The highest BCUT2D eigenvalue weighted by atomic mass is 32.2. The van der Waals surface area contributed by atoms with E-state index in [9.17, 15) is 9.90 Å². The normalized spacial score (nSPS) is 19.4. The van der Waals surface area contributed by atoms with E-state index in [1.54, 1.807) is 11.9 Å². The molecule has 2 atom stereocenters. The Morgan fingerprint density at radius 3 is 2.62 bits per heavy atom. The molecule has 1 aromatic heterocycles. The van der Waals surface area contributed by atoms with Crippen molar-refractivity contribution in [2.75, 3.05) is 11.4 Å². The Hall–Kier alpha value is -2.47. The van der Waals surface area contributed by atoms with Gasteiger partial charge in [0.05, 0.1) is 17.0 Å². The highest BCUT2D eigenvalue weighted by Crippen LogP contribution is 2.39. The maximum absolute atomic E-state index is 11.6. The van der Waals surface area contributed by atoms with Gasteiger partial charge in [0.25, 0.3) is 0 Å². The van der Waals surface area contributed by atoms with Crippen molar-refractivity contribution in [2.24, 2.45) is 13.0 Å². The van der Waals surface area contributed by atoms with Gasteiger partial charge >= 0.3 is 5.97 Å². The molecule has 0 radical (unpaired) electrons. The third-order valence-electron chi connectivity index (χ3n) is 6.09. The molecule has 0 amide bonds. The monoisotopic (exact) mass is 409 g/mol. The lowest BCUT2D eigenvalue weighted by molar-refractivity contribution is -0.143. The van der Waals surface area contributed by atoms with Gasteiger partial charge in [0.2, 0.25) is 0 Å². The minimum Gasteiger partial charge on any atom is -0.481 e. The number of benzene rings is 2. The Labute approximate surface area is 175 Å². The largest absolute Gasteiger partial charge is 0.481 e. The van der Waals surface area contributed by atoms with Crippen molar-refractivity contribution in [3.63, 3.8) is 0 Å². The Bertz CT molecular complexity index is 1030. The molecular formula is C23H27N3O2S. The van der Waals surface area contributed by atoms with Crippen LogP contribution in [0.15, 0.2) is 47.4 Å². The first-order chi connectivity index (χ1) is 13.9. The van der Waals surface area contributed by atoms with Gasteiger partial charge in [-0.2, -0.15) is 0 Å². The third-order valence-corrected chi connectivity index (χ3v) is 7.04. The molecule has 1 aliphatic carbocycles. The summed E-state index contributed by atoms with van der Waals surface area (Å²) in [7, 11) is 4.08. The Kier molecular flexibility index (Phi) is 5.54. The number of carboxylic acid groups (broad SMARTS) is 1. The van der Waals surface area contributed by atoms with Crippen molar-refractivity contribution in [3.8, 4) is 0 Å². The second-order valence-electron chi connectivity index (χ2n) is 7.88. The van der Waals surface area contributed by atoms with E-state index in [1.807, 2.05) is 21.0 Å². The van der Waals surface area contributed by atoms with Crippen molar-refractivity contribution in [1.82, 2.24) is 9.55 Å². The molecule has 2 aromatic carbocycles. The minimum atomic E-state index is -0.661. The molecule has 4 rings (SSSR count). The summed E-state index contributed by atoms with van der Waals surface area (Å²) in [6, 6.07) is 14.8. The predicted molar refractivity (Wildman–Crippen MR) is 118 cm³/mol. The molecule has 5 nitrogen and oxygen atoms in total. The van der Waals surface area contributed by atoms with Crippen LogP contribution in [-0.4, -0.2) is 27.7 Å². The number of carbonyl (C=O) groups is 1. The lowest BCUT2D eigenvalue weighted by Gasteiger charge is -2.29. The number of fused-ring (bicyclic) bond motifs is 1. The van der Waals surface area contributed by atoms with E-state index < -0.39 is 5.97 Å². The van der Waals surface area contributed by atoms with E-state index in [-0.39, 0.29) is 11.8 Å². The zero-order chi connectivity index (χ0) is 20.5. The van der Waals surface area contributed by atoms with Crippen molar-refractivity contribution in [2.45, 2.75) is 43.4 Å². The number of aliphatic carboxylic acids is 1. The molecule has 3 aromatic rings. The summed E-state index contributed by atoms with van der Waals surface area (Å²) in [5.41, 5.74) is 4.39. The van der Waals surface area contributed by atoms with Gasteiger partial charge in [-0.15, -0.1) is 0 Å². The number of aromatic nitrogens is 2. The average molecular weight is 410 g/mol. The van der Waals surface area contributed by atoms with Crippen LogP contribution in [0.2, 0.25) is 0 Å². The number of aryl methyl sites for hydroxylation is 2. The fourth-order valence-corrected chi connectivity index (χ4v) is 5.16. The molecule has 1 unspecified atom stereocenters. The van der Waals surface area contributed by atoms with Crippen molar-refractivity contribution in [1.29, 1.82) is 0 Å². The van der Waals surface area contributed by atoms with Crippen LogP contribution in [0.4, 0.5) is 5.69 Å². The number of hydrogen-bond donors (Lipinski definition) is 1. The second-order valence-corrected chi connectivity index (χ2v) is 9.09. The topological polar surface area (TPSA) is 58.4 Å². The van der Waals surface area contributed by atoms with Crippen molar-refractivity contribution >= 4 is 34.6 Å². The molecule has 152 valence electrons. The van der Waals surface area contributed by atoms with E-state index in [1.165, 1.54) is 0 Å². The zero-order valence-electron chi connectivity index (χ0n) is 17.1. The molecule has 0 bridgehead atoms. The Balaban J connectivity index is 1.49. The molecule has 0 spiro atoms. The minimum absolute atomic E-state index is 0.128. The SMILES string of the molecule is Cc1nc2cc(SN(C)c3ccc([C@@H]4CCCCC4C(=O)O)cc3)ccc2n1C. The summed E-state index contributed by atoms with van der Waals surface area (Å²) in [5, 5.41) is 9.55. The number of rotatable bonds is 5. The summed E-state index contributed by atoms with van der Waals surface area (Å²) in [4.78, 5) is 17.4. The van der Waals surface area contributed by atoms with Crippen LogP contribution < -0.4 is 4.31 Å². The highest BCUT2D eigenvalue weighted by molar-refractivity contribution is 8.00. The number of hydrogen-bond acceptors (Lipinski definition) is 4. The van der Waals surface area contributed by atoms with Gasteiger partial charge in [0.15, 0.2) is 0 Å². The third kappa shape index (κ3) is 3.99. The van der Waals surface area contributed by atoms with Gasteiger partial charge in [-0.1, -0.05) is 25.0 Å². The van der Waals surface area contributed by atoms with Gasteiger partial charge in [-0.3, -0.25) is 4.79 Å². The summed E-state index contributed by atoms with van der Waals surface area (Å²) >= 11 is 1.66. The van der Waals surface area contributed by atoms with E-state index >= 15 is 0 Å². The smallest absolute Gasteiger partial charge is 0.307 e. The van der Waals surface area contributed by atoms with Crippen molar-refractivity contribution < 1.29 is 9.90 Å². The molecule has 1 saturated carbocycles. The van der Waals surface area contributed by atoms with Gasteiger partial charge in [0, 0.05) is 24.7 Å². The first-order valence-corrected chi connectivity index (χ1v) is 10.9. The van der Waals surface area contributed by atoms with Crippen LogP contribution in [0.1, 0.15) is 43.0 Å². The maximum Gasteiger partial charge on any atom is 0.307 e. The van der Waals surface area contributed by atoms with Gasteiger partial charge in [-0.05, 0) is 73.5 Å². The van der Waals surface area contributed by atoms with Crippen molar-refractivity contribution in [3.05, 3.63) is 53.9 Å². The molecule has 6 heteroatoms. The second kappa shape index (κ2) is 8.11. The molecule has 0 saturated heterocycles. The summed E-state index contributed by atoms with van der Waals surface area (Å²) in [6.07, 6.45) is 3.88. The summed E-state index contributed by atoms with van der Waals surface area (Å²) in [5.74, 6) is 0.221. The van der Waals surface area contributed by atoms with Crippen LogP contribution in [0.3, 0.4) is 0 Å². The van der Waals surface area contributed by atoms with Gasteiger partial charge in [0.1, 0.15) is 5.82 Å². The quantitative estimate of drug-likeness (QED) is 0.573. The van der Waals surface area contributed by atoms with Gasteiger partial charge in [-0.25, -0.2) is 4.98 Å². The number of carboxylic acids is 1. The summed E-state index contributed by atoms with van der Waals surface area (Å²) in [6.45, 7) is 2.02. The maximum atomic E-state index is 11.6. The Morgan fingerprint density at radius 1 is 1.17 bits per heavy atom. The predicted octanol–water partition coefficient (Wildman–Crippen LogP) is 5.38. The lowest BCUT2D eigenvalue weighted by Crippen LogP contribution is -2.25. The van der Waals surface area contributed by atoms with E-state index in [0.29, 0.717) is 0 Å². The average Bonchev–Trinajstić information content (AvgIpc) is 3.01. The fraction of sp³-hybridized carbons (Fsp3) is 0.391.